The molecule has 8 nitrogen and oxygen atoms in total. The number of hydrogen-bond donors (Lipinski definition) is 3. The Morgan fingerprint density at radius 3 is 2.59 bits per heavy atom. The first-order valence-electron chi connectivity index (χ1n) is 8.80. The zero-order valence-corrected chi connectivity index (χ0v) is 15.3. The largest absolute Gasteiger partial charge is 0.493 e. The molecular weight excluding hydrogens is 346 g/mol. The molecule has 1 fully saturated rings. The van der Waals surface area contributed by atoms with Crippen LogP contribution in [0.2, 0.25) is 0 Å². The van der Waals surface area contributed by atoms with Gasteiger partial charge in [-0.2, -0.15) is 4.98 Å². The topological polar surface area (TPSA) is 132 Å². The molecule has 1 aliphatic heterocycles. The van der Waals surface area contributed by atoms with E-state index in [9.17, 15) is 0 Å². The van der Waals surface area contributed by atoms with Crippen molar-refractivity contribution in [1.29, 1.82) is 0 Å². The summed E-state index contributed by atoms with van der Waals surface area (Å²) in [5.41, 5.74) is 20.3. The van der Waals surface area contributed by atoms with Gasteiger partial charge in [-0.3, -0.25) is 0 Å². The van der Waals surface area contributed by atoms with Gasteiger partial charge in [0.2, 0.25) is 11.7 Å². The fraction of sp³-hybridized carbons (Fsp3) is 0.368. The second kappa shape index (κ2) is 6.62. The number of benzene rings is 1. The maximum absolute atomic E-state index is 6.53. The highest BCUT2D eigenvalue weighted by atomic mass is 16.5. The van der Waals surface area contributed by atoms with Crippen LogP contribution in [0.4, 0.5) is 11.8 Å². The van der Waals surface area contributed by atoms with Crippen molar-refractivity contribution < 1.29 is 14.2 Å². The molecule has 6 N–H and O–H groups in total. The average molecular weight is 369 g/mol. The number of ether oxygens (including phenoxy) is 3. The van der Waals surface area contributed by atoms with Crippen LogP contribution < -0.4 is 31.4 Å². The second-order valence-corrected chi connectivity index (χ2v) is 6.77. The van der Waals surface area contributed by atoms with Gasteiger partial charge in [0.25, 0.3) is 0 Å². The van der Waals surface area contributed by atoms with Crippen LogP contribution in [0.1, 0.15) is 35.6 Å². The first-order chi connectivity index (χ1) is 13.0. The van der Waals surface area contributed by atoms with Crippen molar-refractivity contribution in [3.63, 3.8) is 0 Å². The van der Waals surface area contributed by atoms with Gasteiger partial charge in [-0.15, -0.1) is 0 Å². The summed E-state index contributed by atoms with van der Waals surface area (Å²) in [6.07, 6.45) is 8.03. The number of anilines is 2. The quantitative estimate of drug-likeness (QED) is 0.728. The van der Waals surface area contributed by atoms with Crippen LogP contribution in [0.5, 0.6) is 17.2 Å². The molecule has 2 heterocycles. The fourth-order valence-electron chi connectivity index (χ4n) is 3.41. The van der Waals surface area contributed by atoms with Crippen LogP contribution in [-0.2, 0) is 0 Å². The summed E-state index contributed by atoms with van der Waals surface area (Å²) in [5, 5.41) is 0. The van der Waals surface area contributed by atoms with Crippen LogP contribution in [0.15, 0.2) is 18.3 Å². The smallest absolute Gasteiger partial charge is 0.221 e. The van der Waals surface area contributed by atoms with E-state index in [1.165, 1.54) is 12.8 Å². The van der Waals surface area contributed by atoms with Gasteiger partial charge in [0.1, 0.15) is 11.9 Å². The molecule has 0 amide bonds. The molecule has 142 valence electrons. The standard InChI is InChI=1S/C19H23N5O3/c1-25-14-7-11(15(20)12-8-23-19(22)24-18(12)21)10-5-6-13(9-3-4-9)27-16(10)17(14)26-2/h5-9,13,15H,3-4,20H2,1-2H3,(H4,21,22,23,24). The number of fused-ring (bicyclic) bond motifs is 1. The van der Waals surface area contributed by atoms with E-state index in [0.29, 0.717) is 28.7 Å². The average Bonchev–Trinajstić information content (AvgIpc) is 3.51. The van der Waals surface area contributed by atoms with Crippen molar-refractivity contribution in [3.8, 4) is 17.2 Å². The minimum absolute atomic E-state index is 0.0347. The Morgan fingerprint density at radius 1 is 1.19 bits per heavy atom. The van der Waals surface area contributed by atoms with E-state index in [-0.39, 0.29) is 17.9 Å². The van der Waals surface area contributed by atoms with Gasteiger partial charge in [0.15, 0.2) is 11.5 Å². The van der Waals surface area contributed by atoms with Crippen LogP contribution in [0, 0.1) is 5.92 Å². The van der Waals surface area contributed by atoms with E-state index in [1.54, 1.807) is 20.4 Å². The lowest BCUT2D eigenvalue weighted by molar-refractivity contribution is 0.209. The molecular formula is C19H23N5O3. The second-order valence-electron chi connectivity index (χ2n) is 6.77. The van der Waals surface area contributed by atoms with Crippen molar-refractivity contribution in [1.82, 2.24) is 9.97 Å². The van der Waals surface area contributed by atoms with E-state index in [1.807, 2.05) is 12.1 Å². The van der Waals surface area contributed by atoms with Crippen molar-refractivity contribution in [2.75, 3.05) is 25.7 Å². The molecule has 8 heteroatoms. The molecule has 2 unspecified atom stereocenters. The first-order valence-corrected chi connectivity index (χ1v) is 8.80. The summed E-state index contributed by atoms with van der Waals surface area (Å²) >= 11 is 0. The molecule has 4 rings (SSSR count). The van der Waals surface area contributed by atoms with Crippen LogP contribution in [0.3, 0.4) is 0 Å². The van der Waals surface area contributed by atoms with Crippen LogP contribution in [0.25, 0.3) is 6.08 Å². The van der Waals surface area contributed by atoms with E-state index in [0.717, 1.165) is 11.1 Å². The summed E-state index contributed by atoms with van der Waals surface area (Å²) in [5.74, 6) is 2.63. The Hall–Kier alpha value is -3.00. The number of methoxy groups -OCH3 is 2. The van der Waals surface area contributed by atoms with Gasteiger partial charge in [0.05, 0.1) is 20.3 Å². The molecule has 0 saturated heterocycles. The van der Waals surface area contributed by atoms with E-state index in [2.05, 4.69) is 16.0 Å². The highest BCUT2D eigenvalue weighted by Gasteiger charge is 2.36. The SMILES string of the molecule is COc1cc(C(N)c2cnc(N)nc2N)c2c(c1OC)OC(C1CC1)C=C2. The molecule has 1 aromatic heterocycles. The Labute approximate surface area is 157 Å². The molecule has 0 radical (unpaired) electrons. The predicted molar refractivity (Wildman–Crippen MR) is 103 cm³/mol. The number of hydrogen-bond acceptors (Lipinski definition) is 8. The third-order valence-electron chi connectivity index (χ3n) is 5.03. The maximum Gasteiger partial charge on any atom is 0.221 e. The van der Waals surface area contributed by atoms with Gasteiger partial charge < -0.3 is 31.4 Å². The van der Waals surface area contributed by atoms with Crippen molar-refractivity contribution in [3.05, 3.63) is 35.0 Å². The predicted octanol–water partition coefficient (Wildman–Crippen LogP) is 1.89. The number of nitrogens with two attached hydrogens (primary N) is 3. The van der Waals surface area contributed by atoms with E-state index < -0.39 is 6.04 Å². The Kier molecular flexibility index (Phi) is 4.27. The Balaban J connectivity index is 1.84. The molecule has 2 aliphatic rings. The van der Waals surface area contributed by atoms with Gasteiger partial charge in [0, 0.05) is 17.3 Å². The van der Waals surface area contributed by atoms with E-state index in [4.69, 9.17) is 31.4 Å². The fourth-order valence-corrected chi connectivity index (χ4v) is 3.41. The minimum atomic E-state index is -0.579. The Bertz CT molecular complexity index is 911. The molecule has 1 aromatic carbocycles. The maximum atomic E-state index is 6.53. The molecule has 1 aliphatic carbocycles. The minimum Gasteiger partial charge on any atom is -0.493 e. The van der Waals surface area contributed by atoms with Gasteiger partial charge in [-0.1, -0.05) is 6.08 Å². The molecule has 2 aromatic rings. The third-order valence-corrected chi connectivity index (χ3v) is 5.03. The van der Waals surface area contributed by atoms with E-state index >= 15 is 0 Å². The highest BCUT2D eigenvalue weighted by Crippen LogP contribution is 2.49. The van der Waals surface area contributed by atoms with Gasteiger partial charge in [-0.05, 0) is 36.5 Å². The van der Waals surface area contributed by atoms with Gasteiger partial charge in [-0.25, -0.2) is 4.98 Å². The molecule has 0 spiro atoms. The molecule has 0 bridgehead atoms. The lowest BCUT2D eigenvalue weighted by Gasteiger charge is -2.28. The van der Waals surface area contributed by atoms with Crippen LogP contribution >= 0.6 is 0 Å². The number of rotatable bonds is 5. The summed E-state index contributed by atoms with van der Waals surface area (Å²) in [6, 6.07) is 1.26. The third kappa shape index (κ3) is 3.02. The van der Waals surface area contributed by atoms with Crippen molar-refractivity contribution in [2.45, 2.75) is 25.0 Å². The normalized spacial score (nSPS) is 19.1. The lowest BCUT2D eigenvalue weighted by atomic mass is 9.92. The summed E-state index contributed by atoms with van der Waals surface area (Å²) < 4.78 is 17.4. The number of aromatic nitrogens is 2. The van der Waals surface area contributed by atoms with Gasteiger partial charge >= 0.3 is 0 Å². The summed E-state index contributed by atoms with van der Waals surface area (Å²) in [6.45, 7) is 0. The summed E-state index contributed by atoms with van der Waals surface area (Å²) in [4.78, 5) is 8.03. The number of nitrogens with zero attached hydrogens (tertiary/aromatic N) is 2. The van der Waals surface area contributed by atoms with Crippen molar-refractivity contribution >= 4 is 17.8 Å². The number of nitrogen functional groups attached to an aromatic ring is 2. The first kappa shape index (κ1) is 17.4. The molecule has 1 saturated carbocycles. The molecule has 2 atom stereocenters. The highest BCUT2D eigenvalue weighted by molar-refractivity contribution is 5.73. The summed E-state index contributed by atoms with van der Waals surface area (Å²) in [7, 11) is 3.18. The molecule has 27 heavy (non-hydrogen) atoms. The lowest BCUT2D eigenvalue weighted by Crippen LogP contribution is -2.23. The van der Waals surface area contributed by atoms with Crippen molar-refractivity contribution in [2.24, 2.45) is 11.7 Å². The monoisotopic (exact) mass is 369 g/mol. The zero-order chi connectivity index (χ0) is 19.1. The van der Waals surface area contributed by atoms with Crippen LogP contribution in [-0.4, -0.2) is 30.3 Å². The Morgan fingerprint density at radius 2 is 1.96 bits per heavy atom. The zero-order valence-electron chi connectivity index (χ0n) is 15.3.